The number of allylic oxidation sites excluding steroid dienone is 2. The number of anilines is 1. The molecule has 2 aromatic rings. The maximum atomic E-state index is 5.97. The van der Waals surface area contributed by atoms with Gasteiger partial charge in [0.05, 0.1) is 5.69 Å². The van der Waals surface area contributed by atoms with Gasteiger partial charge in [-0.05, 0) is 49.4 Å². The molecule has 0 saturated carbocycles. The van der Waals surface area contributed by atoms with E-state index in [-0.39, 0.29) is 0 Å². The van der Waals surface area contributed by atoms with Crippen LogP contribution in [0.15, 0.2) is 66.7 Å². The van der Waals surface area contributed by atoms with Crippen molar-refractivity contribution in [2.24, 2.45) is 5.92 Å². The summed E-state index contributed by atoms with van der Waals surface area (Å²) in [5.41, 5.74) is 1.07. The zero-order chi connectivity index (χ0) is 14.3. The van der Waals surface area contributed by atoms with Crippen LogP contribution in [0.4, 0.5) is 5.69 Å². The lowest BCUT2D eigenvalue weighted by Gasteiger charge is -2.20. The summed E-state index contributed by atoms with van der Waals surface area (Å²) in [7, 11) is 0. The highest BCUT2D eigenvalue weighted by atomic mass is 16.5. The quantitative estimate of drug-likeness (QED) is 0.755. The molecule has 1 N–H and O–H groups in total. The summed E-state index contributed by atoms with van der Waals surface area (Å²) in [6.45, 7) is 1.000. The van der Waals surface area contributed by atoms with Gasteiger partial charge < -0.3 is 10.1 Å². The van der Waals surface area contributed by atoms with Gasteiger partial charge in [-0.3, -0.25) is 0 Å². The van der Waals surface area contributed by atoms with Crippen molar-refractivity contribution in [3.05, 3.63) is 66.7 Å². The Labute approximate surface area is 126 Å². The second kappa shape index (κ2) is 6.98. The first-order chi connectivity index (χ1) is 10.4. The highest BCUT2D eigenvalue weighted by Gasteiger charge is 2.11. The van der Waals surface area contributed by atoms with Crippen molar-refractivity contribution >= 4 is 5.69 Å². The fraction of sp³-hybridized carbons (Fsp3) is 0.263. The Bertz CT molecular complexity index is 592. The van der Waals surface area contributed by atoms with Crippen LogP contribution in [0.25, 0.3) is 0 Å². The van der Waals surface area contributed by atoms with Gasteiger partial charge >= 0.3 is 0 Å². The fourth-order valence-electron chi connectivity index (χ4n) is 2.61. The van der Waals surface area contributed by atoms with Gasteiger partial charge in [-0.15, -0.1) is 0 Å². The first-order valence-corrected chi connectivity index (χ1v) is 7.62. The Balaban J connectivity index is 1.66. The molecular weight excluding hydrogens is 258 g/mol. The minimum atomic E-state index is 0.722. The maximum absolute atomic E-state index is 5.97. The van der Waals surface area contributed by atoms with Crippen LogP contribution in [0, 0.1) is 5.92 Å². The molecule has 1 atom stereocenters. The zero-order valence-electron chi connectivity index (χ0n) is 12.2. The second-order valence-corrected chi connectivity index (χ2v) is 5.44. The summed E-state index contributed by atoms with van der Waals surface area (Å²) in [4.78, 5) is 0. The van der Waals surface area contributed by atoms with E-state index in [1.165, 1.54) is 19.3 Å². The highest BCUT2D eigenvalue weighted by molar-refractivity contribution is 5.57. The van der Waals surface area contributed by atoms with Crippen molar-refractivity contribution < 1.29 is 4.74 Å². The fourth-order valence-corrected chi connectivity index (χ4v) is 2.61. The summed E-state index contributed by atoms with van der Waals surface area (Å²) in [5, 5.41) is 3.54. The van der Waals surface area contributed by atoms with Gasteiger partial charge in [-0.25, -0.2) is 0 Å². The third-order valence-electron chi connectivity index (χ3n) is 3.82. The van der Waals surface area contributed by atoms with E-state index in [9.17, 15) is 0 Å². The predicted molar refractivity (Wildman–Crippen MR) is 87.9 cm³/mol. The molecule has 1 aliphatic rings. The van der Waals surface area contributed by atoms with Crippen molar-refractivity contribution in [1.82, 2.24) is 0 Å². The van der Waals surface area contributed by atoms with E-state index >= 15 is 0 Å². The number of hydrogen-bond donors (Lipinski definition) is 1. The standard InChI is InChI=1S/C19H21NO/c1-3-9-16(10-4-1)15-20-18-13-7-8-14-19(18)21-17-11-5-2-6-12-17/h1-3,5-8,11-14,16,20H,4,9-10,15H2. The topological polar surface area (TPSA) is 21.3 Å². The maximum Gasteiger partial charge on any atom is 0.150 e. The van der Waals surface area contributed by atoms with E-state index in [2.05, 4.69) is 23.5 Å². The summed E-state index contributed by atoms with van der Waals surface area (Å²) in [6, 6.07) is 18.1. The molecule has 1 aliphatic carbocycles. The first kappa shape index (κ1) is 13.7. The minimum Gasteiger partial charge on any atom is -0.455 e. The van der Waals surface area contributed by atoms with Gasteiger partial charge in [0.15, 0.2) is 5.75 Å². The number of ether oxygens (including phenoxy) is 1. The Morgan fingerprint density at radius 3 is 2.57 bits per heavy atom. The van der Waals surface area contributed by atoms with Gasteiger partial charge in [0.25, 0.3) is 0 Å². The van der Waals surface area contributed by atoms with Crippen LogP contribution < -0.4 is 10.1 Å². The molecule has 21 heavy (non-hydrogen) atoms. The average Bonchev–Trinajstić information content (AvgIpc) is 2.56. The van der Waals surface area contributed by atoms with Crippen LogP contribution in [0.5, 0.6) is 11.5 Å². The van der Waals surface area contributed by atoms with Crippen LogP contribution in [0.3, 0.4) is 0 Å². The SMILES string of the molecule is C1=CCC(CNc2ccccc2Oc2ccccc2)CC1. The molecule has 2 aromatic carbocycles. The monoisotopic (exact) mass is 279 g/mol. The Hall–Kier alpha value is -2.22. The number of nitrogens with one attached hydrogen (secondary N) is 1. The van der Waals surface area contributed by atoms with Crippen molar-refractivity contribution in [1.29, 1.82) is 0 Å². The molecule has 0 saturated heterocycles. The molecule has 0 amide bonds. The van der Waals surface area contributed by atoms with Gasteiger partial charge in [0, 0.05) is 6.54 Å². The third kappa shape index (κ3) is 3.88. The summed E-state index contributed by atoms with van der Waals surface area (Å²) >= 11 is 0. The molecule has 108 valence electrons. The molecule has 0 spiro atoms. The van der Waals surface area contributed by atoms with Crippen molar-refractivity contribution in [3.63, 3.8) is 0 Å². The molecule has 0 aliphatic heterocycles. The van der Waals surface area contributed by atoms with E-state index in [0.717, 1.165) is 29.6 Å². The predicted octanol–water partition coefficient (Wildman–Crippen LogP) is 5.25. The molecule has 0 radical (unpaired) electrons. The Kier molecular flexibility index (Phi) is 4.57. The number of rotatable bonds is 5. The number of hydrogen-bond acceptors (Lipinski definition) is 2. The molecular formula is C19H21NO. The van der Waals surface area contributed by atoms with Crippen molar-refractivity contribution in [2.45, 2.75) is 19.3 Å². The second-order valence-electron chi connectivity index (χ2n) is 5.44. The van der Waals surface area contributed by atoms with Gasteiger partial charge in [0.2, 0.25) is 0 Å². The van der Waals surface area contributed by atoms with Crippen molar-refractivity contribution in [2.75, 3.05) is 11.9 Å². The molecule has 0 fully saturated rings. The van der Waals surface area contributed by atoms with E-state index in [1.54, 1.807) is 0 Å². The summed E-state index contributed by atoms with van der Waals surface area (Å²) < 4.78 is 5.97. The highest BCUT2D eigenvalue weighted by Crippen LogP contribution is 2.30. The van der Waals surface area contributed by atoms with Crippen LogP contribution in [-0.2, 0) is 0 Å². The third-order valence-corrected chi connectivity index (χ3v) is 3.82. The van der Waals surface area contributed by atoms with E-state index in [1.807, 2.05) is 48.5 Å². The molecule has 2 heteroatoms. The normalized spacial score (nSPS) is 17.4. The van der Waals surface area contributed by atoms with Crippen molar-refractivity contribution in [3.8, 4) is 11.5 Å². The lowest BCUT2D eigenvalue weighted by Crippen LogP contribution is -2.15. The largest absolute Gasteiger partial charge is 0.455 e. The molecule has 3 rings (SSSR count). The van der Waals surface area contributed by atoms with Crippen LogP contribution >= 0.6 is 0 Å². The van der Waals surface area contributed by atoms with Gasteiger partial charge in [0.1, 0.15) is 5.75 Å². The van der Waals surface area contributed by atoms with Crippen LogP contribution in [0.1, 0.15) is 19.3 Å². The number of benzene rings is 2. The first-order valence-electron chi connectivity index (χ1n) is 7.62. The smallest absolute Gasteiger partial charge is 0.150 e. The lowest BCUT2D eigenvalue weighted by atomic mass is 9.94. The van der Waals surface area contributed by atoms with E-state index in [4.69, 9.17) is 4.74 Å². The van der Waals surface area contributed by atoms with E-state index < -0.39 is 0 Å². The van der Waals surface area contributed by atoms with Gasteiger partial charge in [-0.2, -0.15) is 0 Å². The summed E-state index contributed by atoms with van der Waals surface area (Å²) in [6.07, 6.45) is 8.22. The zero-order valence-corrected chi connectivity index (χ0v) is 12.2. The average molecular weight is 279 g/mol. The number of para-hydroxylation sites is 3. The van der Waals surface area contributed by atoms with E-state index in [0.29, 0.717) is 0 Å². The lowest BCUT2D eigenvalue weighted by molar-refractivity contribution is 0.479. The molecule has 1 unspecified atom stereocenters. The minimum absolute atomic E-state index is 0.722. The molecule has 0 aromatic heterocycles. The Morgan fingerprint density at radius 1 is 0.952 bits per heavy atom. The van der Waals surface area contributed by atoms with Crippen LogP contribution in [0.2, 0.25) is 0 Å². The van der Waals surface area contributed by atoms with Crippen LogP contribution in [-0.4, -0.2) is 6.54 Å². The molecule has 0 heterocycles. The molecule has 2 nitrogen and oxygen atoms in total. The molecule has 0 bridgehead atoms. The summed E-state index contributed by atoms with van der Waals surface area (Å²) in [5.74, 6) is 2.47. The Morgan fingerprint density at radius 2 is 1.76 bits per heavy atom. The van der Waals surface area contributed by atoms with Gasteiger partial charge in [-0.1, -0.05) is 42.5 Å².